The molecule has 0 radical (unpaired) electrons. The molecule has 0 aromatic heterocycles. The van der Waals surface area contributed by atoms with Crippen molar-refractivity contribution in [1.29, 1.82) is 0 Å². The first-order chi connectivity index (χ1) is 14.2. The predicted molar refractivity (Wildman–Crippen MR) is 113 cm³/mol. The second-order valence-corrected chi connectivity index (χ2v) is 6.73. The molecule has 0 aliphatic rings. The topological polar surface area (TPSA) is 54.0 Å². The van der Waals surface area contributed by atoms with E-state index in [1.807, 2.05) is 55.5 Å². The molecule has 0 spiro atoms. The van der Waals surface area contributed by atoms with Crippen LogP contribution >= 0.6 is 0 Å². The maximum absolute atomic E-state index is 11.6. The SMILES string of the molecule is COCOc1ccc([C@@H](CC=O)c2c(C)c(OC)c3ccccc3c2OC)cc1. The van der Waals surface area contributed by atoms with Crippen molar-refractivity contribution in [3.05, 3.63) is 65.2 Å². The average molecular weight is 394 g/mol. The maximum Gasteiger partial charge on any atom is 0.188 e. The molecule has 0 amide bonds. The molecule has 0 saturated carbocycles. The number of benzene rings is 3. The number of methoxy groups -OCH3 is 3. The Morgan fingerprint density at radius 1 is 0.897 bits per heavy atom. The Bertz CT molecular complexity index is 979. The van der Waals surface area contributed by atoms with Crippen molar-refractivity contribution >= 4 is 17.1 Å². The largest absolute Gasteiger partial charge is 0.496 e. The summed E-state index contributed by atoms with van der Waals surface area (Å²) < 4.78 is 22.0. The van der Waals surface area contributed by atoms with Crippen molar-refractivity contribution in [3.63, 3.8) is 0 Å². The van der Waals surface area contributed by atoms with Gasteiger partial charge in [-0.1, -0.05) is 36.4 Å². The summed E-state index contributed by atoms with van der Waals surface area (Å²) in [5, 5.41) is 1.95. The molecule has 0 unspecified atom stereocenters. The fourth-order valence-electron chi connectivity index (χ4n) is 3.86. The van der Waals surface area contributed by atoms with Gasteiger partial charge in [-0.25, -0.2) is 0 Å². The molecule has 5 heteroatoms. The van der Waals surface area contributed by atoms with Gasteiger partial charge in [0, 0.05) is 35.8 Å². The quantitative estimate of drug-likeness (QED) is 0.383. The Balaban J connectivity index is 2.19. The summed E-state index contributed by atoms with van der Waals surface area (Å²) in [5.74, 6) is 2.11. The summed E-state index contributed by atoms with van der Waals surface area (Å²) in [4.78, 5) is 11.6. The lowest BCUT2D eigenvalue weighted by Gasteiger charge is -2.24. The van der Waals surface area contributed by atoms with Gasteiger partial charge in [0.25, 0.3) is 0 Å². The van der Waals surface area contributed by atoms with Crippen LogP contribution in [0.15, 0.2) is 48.5 Å². The fraction of sp³-hybridized carbons (Fsp3) is 0.292. The van der Waals surface area contributed by atoms with E-state index in [0.717, 1.165) is 45.2 Å². The molecule has 0 saturated heterocycles. The minimum absolute atomic E-state index is 0.169. The first kappa shape index (κ1) is 20.7. The Labute approximate surface area is 171 Å². The highest BCUT2D eigenvalue weighted by Gasteiger charge is 2.25. The smallest absolute Gasteiger partial charge is 0.188 e. The molecule has 0 aliphatic heterocycles. The van der Waals surface area contributed by atoms with Crippen molar-refractivity contribution < 1.29 is 23.7 Å². The number of carbonyl (C=O) groups is 1. The van der Waals surface area contributed by atoms with Gasteiger partial charge >= 0.3 is 0 Å². The van der Waals surface area contributed by atoms with Crippen LogP contribution in [0, 0.1) is 6.92 Å². The molecular weight excluding hydrogens is 368 g/mol. The highest BCUT2D eigenvalue weighted by molar-refractivity contribution is 5.96. The molecule has 0 bridgehead atoms. The summed E-state index contributed by atoms with van der Waals surface area (Å²) in [6, 6.07) is 15.7. The van der Waals surface area contributed by atoms with E-state index in [9.17, 15) is 4.79 Å². The molecule has 3 rings (SSSR count). The van der Waals surface area contributed by atoms with Crippen LogP contribution in [0.5, 0.6) is 17.2 Å². The van der Waals surface area contributed by atoms with E-state index in [4.69, 9.17) is 18.9 Å². The van der Waals surface area contributed by atoms with Crippen LogP contribution in [0.2, 0.25) is 0 Å². The van der Waals surface area contributed by atoms with Crippen LogP contribution in [0.25, 0.3) is 10.8 Å². The molecule has 5 nitrogen and oxygen atoms in total. The van der Waals surface area contributed by atoms with Crippen molar-refractivity contribution in [3.8, 4) is 17.2 Å². The monoisotopic (exact) mass is 394 g/mol. The number of carbonyl (C=O) groups excluding carboxylic acids is 1. The predicted octanol–water partition coefficient (Wildman–Crippen LogP) is 4.87. The number of aldehydes is 1. The number of hydrogen-bond donors (Lipinski definition) is 0. The van der Waals surface area contributed by atoms with Crippen molar-refractivity contribution in [2.75, 3.05) is 28.1 Å². The fourth-order valence-corrected chi connectivity index (χ4v) is 3.86. The van der Waals surface area contributed by atoms with E-state index in [1.165, 1.54) is 0 Å². The standard InChI is InChI=1S/C24H26O5/c1-16-22(24(28-4)21-8-6-5-7-20(21)23(16)27-3)19(13-14-25)17-9-11-18(12-10-17)29-15-26-2/h5-12,14,19H,13,15H2,1-4H3/t19-/m1/s1. The van der Waals surface area contributed by atoms with Gasteiger partial charge in [0.1, 0.15) is 23.5 Å². The summed E-state index contributed by atoms with van der Waals surface area (Å²) in [7, 11) is 4.91. The van der Waals surface area contributed by atoms with Gasteiger partial charge in [-0.15, -0.1) is 0 Å². The highest BCUT2D eigenvalue weighted by Crippen LogP contribution is 2.46. The molecule has 29 heavy (non-hydrogen) atoms. The van der Waals surface area contributed by atoms with Crippen LogP contribution in [0.1, 0.15) is 29.0 Å². The number of hydrogen-bond acceptors (Lipinski definition) is 5. The van der Waals surface area contributed by atoms with Crippen LogP contribution in [-0.2, 0) is 9.53 Å². The van der Waals surface area contributed by atoms with Crippen LogP contribution in [-0.4, -0.2) is 34.4 Å². The van der Waals surface area contributed by atoms with Gasteiger partial charge in [-0.3, -0.25) is 0 Å². The van der Waals surface area contributed by atoms with Gasteiger partial charge in [-0.2, -0.15) is 0 Å². The van der Waals surface area contributed by atoms with Gasteiger partial charge < -0.3 is 23.7 Å². The third-order valence-corrected chi connectivity index (χ3v) is 5.12. The van der Waals surface area contributed by atoms with Crippen molar-refractivity contribution in [1.82, 2.24) is 0 Å². The normalized spacial score (nSPS) is 11.9. The van der Waals surface area contributed by atoms with E-state index >= 15 is 0 Å². The average Bonchev–Trinajstić information content (AvgIpc) is 2.76. The molecule has 3 aromatic carbocycles. The third kappa shape index (κ3) is 4.05. The molecule has 0 heterocycles. The van der Waals surface area contributed by atoms with Gasteiger partial charge in [0.15, 0.2) is 6.79 Å². The molecular formula is C24H26O5. The lowest BCUT2D eigenvalue weighted by molar-refractivity contribution is -0.108. The number of rotatable bonds is 9. The Morgan fingerprint density at radius 3 is 2.07 bits per heavy atom. The lowest BCUT2D eigenvalue weighted by Crippen LogP contribution is -2.09. The van der Waals surface area contributed by atoms with Gasteiger partial charge in [-0.05, 0) is 30.2 Å². The first-order valence-electron chi connectivity index (χ1n) is 9.44. The summed E-state index contributed by atoms with van der Waals surface area (Å²) >= 11 is 0. The summed E-state index contributed by atoms with van der Waals surface area (Å²) in [5.41, 5.74) is 2.93. The van der Waals surface area contributed by atoms with Crippen LogP contribution in [0.3, 0.4) is 0 Å². The molecule has 0 fully saturated rings. The molecule has 3 aromatic rings. The van der Waals surface area contributed by atoms with Crippen molar-refractivity contribution in [2.45, 2.75) is 19.3 Å². The zero-order valence-corrected chi connectivity index (χ0v) is 17.2. The molecule has 152 valence electrons. The summed E-state index contributed by atoms with van der Waals surface area (Å²) in [6.45, 7) is 2.20. The van der Waals surface area contributed by atoms with E-state index in [0.29, 0.717) is 12.2 Å². The Hall–Kier alpha value is -3.05. The zero-order chi connectivity index (χ0) is 20.8. The van der Waals surface area contributed by atoms with E-state index in [1.54, 1.807) is 21.3 Å². The number of ether oxygens (including phenoxy) is 4. The minimum Gasteiger partial charge on any atom is -0.496 e. The molecule has 0 N–H and O–H groups in total. The second kappa shape index (κ2) is 9.43. The Kier molecular flexibility index (Phi) is 6.73. The zero-order valence-electron chi connectivity index (χ0n) is 17.2. The van der Waals surface area contributed by atoms with Gasteiger partial charge in [0.05, 0.1) is 14.2 Å². The second-order valence-electron chi connectivity index (χ2n) is 6.73. The minimum atomic E-state index is -0.169. The summed E-state index contributed by atoms with van der Waals surface area (Å²) in [6.07, 6.45) is 1.28. The lowest BCUT2D eigenvalue weighted by atomic mass is 9.83. The molecule has 0 aliphatic carbocycles. The molecule has 1 atom stereocenters. The maximum atomic E-state index is 11.6. The van der Waals surface area contributed by atoms with E-state index < -0.39 is 0 Å². The van der Waals surface area contributed by atoms with E-state index in [-0.39, 0.29) is 12.7 Å². The van der Waals surface area contributed by atoms with Crippen molar-refractivity contribution in [2.24, 2.45) is 0 Å². The third-order valence-electron chi connectivity index (χ3n) is 5.12. The van der Waals surface area contributed by atoms with Crippen LogP contribution in [0.4, 0.5) is 0 Å². The Morgan fingerprint density at radius 2 is 1.52 bits per heavy atom. The van der Waals surface area contributed by atoms with Crippen LogP contribution < -0.4 is 14.2 Å². The van der Waals surface area contributed by atoms with E-state index in [2.05, 4.69) is 0 Å². The number of fused-ring (bicyclic) bond motifs is 1. The first-order valence-corrected chi connectivity index (χ1v) is 9.44. The van der Waals surface area contributed by atoms with Gasteiger partial charge in [0.2, 0.25) is 0 Å². The highest BCUT2D eigenvalue weighted by atomic mass is 16.7.